The average molecular weight is 308 g/mol. The van der Waals surface area contributed by atoms with Gasteiger partial charge in [-0.1, -0.05) is 39.5 Å². The Kier molecular flexibility index (Phi) is 5.50. The Morgan fingerprint density at radius 3 is 1.41 bits per heavy atom. The maximum absolute atomic E-state index is 12.0. The van der Waals surface area contributed by atoms with Gasteiger partial charge >= 0.3 is 0 Å². The Hall–Kier alpha value is -0.0800. The molecule has 0 bridgehead atoms. The maximum Gasteiger partial charge on any atom is 0.0732 e. The first-order valence-electron chi connectivity index (χ1n) is 10.0. The fourth-order valence-corrected chi connectivity index (χ4v) is 5.73. The largest absolute Gasteiger partial charge is 0.389 e. The molecular formula is C20H37NO. The van der Waals surface area contributed by atoms with Crippen molar-refractivity contribution in [1.82, 2.24) is 5.32 Å². The smallest absolute Gasteiger partial charge is 0.0732 e. The summed E-state index contributed by atoms with van der Waals surface area (Å²) in [7, 11) is 0. The van der Waals surface area contributed by atoms with Crippen LogP contribution >= 0.6 is 0 Å². The fraction of sp³-hybridized carbons (Fsp3) is 1.00. The van der Waals surface area contributed by atoms with E-state index in [-0.39, 0.29) is 5.60 Å². The van der Waals surface area contributed by atoms with Crippen molar-refractivity contribution >= 4 is 0 Å². The highest BCUT2D eigenvalue weighted by Crippen LogP contribution is 2.50. The van der Waals surface area contributed by atoms with E-state index in [1.165, 1.54) is 64.2 Å². The van der Waals surface area contributed by atoms with E-state index < -0.39 is 0 Å². The van der Waals surface area contributed by atoms with Crippen molar-refractivity contribution < 1.29 is 5.11 Å². The van der Waals surface area contributed by atoms with Gasteiger partial charge in [0, 0.05) is 0 Å². The normalized spacial score (nSPS) is 41.0. The first-order chi connectivity index (χ1) is 10.6. The minimum Gasteiger partial charge on any atom is -0.389 e. The molecule has 2 N–H and O–H groups in total. The van der Waals surface area contributed by atoms with Gasteiger partial charge in [0.2, 0.25) is 0 Å². The molecule has 0 unspecified atom stereocenters. The molecule has 1 heterocycles. The van der Waals surface area contributed by atoms with Crippen LogP contribution in [0.2, 0.25) is 0 Å². The van der Waals surface area contributed by atoms with Crippen LogP contribution in [-0.2, 0) is 0 Å². The quantitative estimate of drug-likeness (QED) is 0.811. The summed E-state index contributed by atoms with van der Waals surface area (Å²) in [5.41, 5.74) is -0.359. The molecule has 0 spiro atoms. The molecule has 0 aromatic rings. The van der Waals surface area contributed by atoms with Gasteiger partial charge in [-0.15, -0.1) is 0 Å². The predicted molar refractivity (Wildman–Crippen MR) is 92.8 cm³/mol. The number of rotatable bonds is 3. The van der Waals surface area contributed by atoms with Gasteiger partial charge in [0.05, 0.1) is 5.60 Å². The van der Waals surface area contributed by atoms with E-state index in [4.69, 9.17) is 0 Å². The monoisotopic (exact) mass is 307 g/mol. The minimum absolute atomic E-state index is 0.359. The molecule has 0 radical (unpaired) electrons. The second-order valence-electron chi connectivity index (χ2n) is 8.83. The zero-order chi connectivity index (χ0) is 15.6. The fourth-order valence-electron chi connectivity index (χ4n) is 5.73. The Morgan fingerprint density at radius 2 is 1.00 bits per heavy atom. The van der Waals surface area contributed by atoms with Crippen molar-refractivity contribution in [1.29, 1.82) is 0 Å². The number of aliphatic hydroxyl groups is 1. The van der Waals surface area contributed by atoms with E-state index in [1.807, 2.05) is 0 Å². The van der Waals surface area contributed by atoms with Crippen LogP contribution < -0.4 is 5.32 Å². The Morgan fingerprint density at radius 1 is 0.636 bits per heavy atom. The van der Waals surface area contributed by atoms with Gasteiger partial charge in [-0.05, 0) is 81.2 Å². The summed E-state index contributed by atoms with van der Waals surface area (Å²) in [5, 5.41) is 15.5. The van der Waals surface area contributed by atoms with Gasteiger partial charge < -0.3 is 10.4 Å². The van der Waals surface area contributed by atoms with Crippen LogP contribution in [0.25, 0.3) is 0 Å². The molecule has 0 amide bonds. The molecular weight excluding hydrogens is 270 g/mol. The Bertz CT molecular complexity index is 312. The summed E-state index contributed by atoms with van der Waals surface area (Å²) >= 11 is 0. The molecule has 1 saturated heterocycles. The molecule has 0 atom stereocenters. The zero-order valence-electron chi connectivity index (χ0n) is 14.8. The van der Waals surface area contributed by atoms with Crippen molar-refractivity contribution in [2.45, 2.75) is 83.7 Å². The lowest BCUT2D eigenvalue weighted by Gasteiger charge is -2.52. The molecule has 3 rings (SSSR count). The lowest BCUT2D eigenvalue weighted by atomic mass is 9.58. The van der Waals surface area contributed by atoms with Crippen LogP contribution in [0.5, 0.6) is 0 Å². The third kappa shape index (κ3) is 3.38. The second kappa shape index (κ2) is 7.21. The molecule has 22 heavy (non-hydrogen) atoms. The Labute approximate surface area is 137 Å². The van der Waals surface area contributed by atoms with Crippen molar-refractivity contribution in [3.63, 3.8) is 0 Å². The van der Waals surface area contributed by atoms with Gasteiger partial charge in [-0.2, -0.15) is 0 Å². The van der Waals surface area contributed by atoms with Crippen molar-refractivity contribution in [3.05, 3.63) is 0 Å². The molecule has 3 aliphatic rings. The van der Waals surface area contributed by atoms with Crippen LogP contribution in [0.1, 0.15) is 78.1 Å². The van der Waals surface area contributed by atoms with Crippen LogP contribution in [0.3, 0.4) is 0 Å². The zero-order valence-corrected chi connectivity index (χ0v) is 14.8. The summed E-state index contributed by atoms with van der Waals surface area (Å²) in [6.45, 7) is 7.00. The predicted octanol–water partition coefficient (Wildman–Crippen LogP) is 4.37. The highest BCUT2D eigenvalue weighted by molar-refractivity contribution is 5.01. The lowest BCUT2D eigenvalue weighted by molar-refractivity contribution is -0.144. The third-order valence-electron chi connectivity index (χ3n) is 7.33. The van der Waals surface area contributed by atoms with E-state index in [0.717, 1.165) is 24.9 Å². The number of hydrogen-bond donors (Lipinski definition) is 2. The van der Waals surface area contributed by atoms with E-state index in [9.17, 15) is 5.11 Å². The molecule has 2 nitrogen and oxygen atoms in total. The highest BCUT2D eigenvalue weighted by Gasteiger charge is 2.50. The number of hydrogen-bond acceptors (Lipinski definition) is 2. The molecule has 2 saturated carbocycles. The molecule has 2 heteroatoms. The van der Waals surface area contributed by atoms with Crippen molar-refractivity contribution in [2.75, 3.05) is 13.1 Å². The van der Waals surface area contributed by atoms with Crippen LogP contribution in [-0.4, -0.2) is 23.8 Å². The van der Waals surface area contributed by atoms with E-state index in [2.05, 4.69) is 19.2 Å². The van der Waals surface area contributed by atoms with E-state index in [0.29, 0.717) is 17.8 Å². The Balaban J connectivity index is 1.77. The topological polar surface area (TPSA) is 32.3 Å². The van der Waals surface area contributed by atoms with Crippen molar-refractivity contribution in [3.8, 4) is 0 Å². The SMILES string of the molecule is CC1CCC(C(O)(C2CCNCC2)C2CCC(C)CC2)CC1. The molecule has 0 aromatic heterocycles. The summed E-state index contributed by atoms with van der Waals surface area (Å²) in [6.07, 6.45) is 12.8. The standard InChI is InChI=1S/C20H37NO/c1-15-3-7-17(8-4-15)20(22,19-11-13-21-14-12-19)18-9-5-16(2)6-10-18/h15-19,21-22H,3-14H2,1-2H3. The van der Waals surface area contributed by atoms with E-state index >= 15 is 0 Å². The van der Waals surface area contributed by atoms with Crippen LogP contribution in [0, 0.1) is 29.6 Å². The molecule has 2 aliphatic carbocycles. The van der Waals surface area contributed by atoms with Crippen LogP contribution in [0.4, 0.5) is 0 Å². The summed E-state index contributed by atoms with van der Waals surface area (Å²) in [5.74, 6) is 3.45. The maximum atomic E-state index is 12.0. The van der Waals surface area contributed by atoms with Gasteiger partial charge in [-0.25, -0.2) is 0 Å². The first-order valence-corrected chi connectivity index (χ1v) is 10.0. The molecule has 3 fully saturated rings. The average Bonchev–Trinajstić information content (AvgIpc) is 2.56. The number of nitrogens with one attached hydrogen (secondary N) is 1. The van der Waals surface area contributed by atoms with Gasteiger partial charge in [-0.3, -0.25) is 0 Å². The van der Waals surface area contributed by atoms with Crippen molar-refractivity contribution in [2.24, 2.45) is 29.6 Å². The highest BCUT2D eigenvalue weighted by atomic mass is 16.3. The van der Waals surface area contributed by atoms with Gasteiger partial charge in [0.15, 0.2) is 0 Å². The first kappa shape index (κ1) is 16.8. The summed E-state index contributed by atoms with van der Waals surface area (Å²) < 4.78 is 0. The lowest BCUT2D eigenvalue weighted by Crippen LogP contribution is -2.55. The molecule has 1 aliphatic heterocycles. The van der Waals surface area contributed by atoms with E-state index in [1.54, 1.807) is 0 Å². The second-order valence-corrected chi connectivity index (χ2v) is 8.83. The molecule has 0 aromatic carbocycles. The minimum atomic E-state index is -0.359. The molecule has 128 valence electrons. The third-order valence-corrected chi connectivity index (χ3v) is 7.33. The van der Waals surface area contributed by atoms with Crippen LogP contribution in [0.15, 0.2) is 0 Å². The summed E-state index contributed by atoms with van der Waals surface area (Å²) in [4.78, 5) is 0. The number of piperidine rings is 1. The summed E-state index contributed by atoms with van der Waals surface area (Å²) in [6, 6.07) is 0. The van der Waals surface area contributed by atoms with Gasteiger partial charge in [0.1, 0.15) is 0 Å². The van der Waals surface area contributed by atoms with Gasteiger partial charge in [0.25, 0.3) is 0 Å².